The van der Waals surface area contributed by atoms with Crippen molar-refractivity contribution >= 4 is 28.4 Å². The summed E-state index contributed by atoms with van der Waals surface area (Å²) in [7, 11) is 0. The van der Waals surface area contributed by atoms with E-state index in [9.17, 15) is 22.4 Å². The quantitative estimate of drug-likeness (QED) is 0.459. The number of ether oxygens (including phenoxy) is 1. The molecule has 94 valence electrons. The van der Waals surface area contributed by atoms with Crippen molar-refractivity contribution < 1.29 is 27.1 Å². The van der Waals surface area contributed by atoms with E-state index >= 15 is 0 Å². The van der Waals surface area contributed by atoms with Crippen molar-refractivity contribution in [3.8, 4) is 5.75 Å². The van der Waals surface area contributed by atoms with Crippen LogP contribution in [0.2, 0.25) is 0 Å². The van der Waals surface area contributed by atoms with Crippen LogP contribution in [0.5, 0.6) is 5.75 Å². The lowest BCUT2D eigenvalue weighted by Gasteiger charge is -2.12. The number of alkyl halides is 4. The van der Waals surface area contributed by atoms with Crippen LogP contribution in [-0.2, 0) is 0 Å². The second kappa shape index (κ2) is 5.65. The Kier molecular flexibility index (Phi) is 4.72. The van der Waals surface area contributed by atoms with Gasteiger partial charge >= 0.3 is 6.61 Å². The van der Waals surface area contributed by atoms with Crippen molar-refractivity contribution in [2.45, 2.75) is 20.0 Å². The summed E-state index contributed by atoms with van der Waals surface area (Å²) in [5, 5.41) is 0. The second-order valence-electron chi connectivity index (χ2n) is 3.11. The van der Waals surface area contributed by atoms with Crippen molar-refractivity contribution in [3.05, 3.63) is 26.8 Å². The van der Waals surface area contributed by atoms with E-state index in [1.165, 1.54) is 22.6 Å². The van der Waals surface area contributed by atoms with Gasteiger partial charge in [-0.2, -0.15) is 8.78 Å². The Hall–Kier alpha value is -0.860. The third kappa shape index (κ3) is 3.55. The number of halogens is 5. The summed E-state index contributed by atoms with van der Waals surface area (Å²) in [6.07, 6.45) is -2.86. The maximum absolute atomic E-state index is 12.6. The highest BCUT2D eigenvalue weighted by molar-refractivity contribution is 14.1. The van der Waals surface area contributed by atoms with Crippen LogP contribution in [0.25, 0.3) is 0 Å². The third-order valence-corrected chi connectivity index (χ3v) is 3.08. The number of benzene rings is 1. The van der Waals surface area contributed by atoms with Gasteiger partial charge in [-0.15, -0.1) is 0 Å². The number of rotatable bonds is 4. The van der Waals surface area contributed by atoms with Gasteiger partial charge in [-0.25, -0.2) is 8.78 Å². The number of hydrogen-bond donors (Lipinski definition) is 0. The Morgan fingerprint density at radius 1 is 1.29 bits per heavy atom. The maximum Gasteiger partial charge on any atom is 0.387 e. The molecule has 1 aromatic rings. The van der Waals surface area contributed by atoms with Gasteiger partial charge in [0.15, 0.2) is 5.78 Å². The molecule has 1 aromatic carbocycles. The van der Waals surface area contributed by atoms with E-state index in [1.54, 1.807) is 0 Å². The normalized spacial score (nSPS) is 11.1. The smallest absolute Gasteiger partial charge is 0.387 e. The molecule has 0 N–H and O–H groups in total. The van der Waals surface area contributed by atoms with Gasteiger partial charge in [0.25, 0.3) is 6.43 Å². The Bertz CT molecular complexity index is 435. The molecule has 0 saturated carbocycles. The first-order valence-electron chi connectivity index (χ1n) is 4.40. The highest BCUT2D eigenvalue weighted by Crippen LogP contribution is 2.33. The van der Waals surface area contributed by atoms with E-state index in [-0.39, 0.29) is 9.13 Å². The number of Topliss-reactive ketones (excluding diaryl/α,β-unsaturated/α-hetero) is 1. The van der Waals surface area contributed by atoms with E-state index in [0.717, 1.165) is 19.1 Å². The first kappa shape index (κ1) is 14.2. The molecule has 0 atom stereocenters. The van der Waals surface area contributed by atoms with Crippen LogP contribution < -0.4 is 4.74 Å². The van der Waals surface area contributed by atoms with E-state index in [2.05, 4.69) is 4.74 Å². The van der Waals surface area contributed by atoms with Crippen molar-refractivity contribution in [3.63, 3.8) is 0 Å². The average Bonchev–Trinajstić information content (AvgIpc) is 2.19. The minimum atomic E-state index is -3.13. The molecule has 0 radical (unpaired) electrons. The molecule has 0 aliphatic heterocycles. The van der Waals surface area contributed by atoms with Gasteiger partial charge in [0.05, 0.1) is 3.57 Å². The molecule has 2 nitrogen and oxygen atoms in total. The second-order valence-corrected chi connectivity index (χ2v) is 4.19. The van der Waals surface area contributed by atoms with E-state index in [4.69, 9.17) is 0 Å². The first-order chi connectivity index (χ1) is 7.82. The highest BCUT2D eigenvalue weighted by atomic mass is 127. The summed E-state index contributed by atoms with van der Waals surface area (Å²) in [5.74, 6) is -0.911. The molecule has 0 saturated heterocycles. The van der Waals surface area contributed by atoms with E-state index in [1.807, 2.05) is 0 Å². The summed E-state index contributed by atoms with van der Waals surface area (Å²) in [6.45, 7) is -1.97. The molecular weight excluding hydrogens is 355 g/mol. The van der Waals surface area contributed by atoms with Gasteiger partial charge in [-0.1, -0.05) is 0 Å². The van der Waals surface area contributed by atoms with Gasteiger partial charge < -0.3 is 4.74 Å². The minimum absolute atomic E-state index is 0.0867. The Morgan fingerprint density at radius 3 is 2.29 bits per heavy atom. The molecule has 0 bridgehead atoms. The van der Waals surface area contributed by atoms with Crippen LogP contribution in [0.4, 0.5) is 17.6 Å². The number of carbonyl (C=O) groups is 1. The molecule has 0 aliphatic rings. The van der Waals surface area contributed by atoms with Gasteiger partial charge in [0.2, 0.25) is 0 Å². The van der Waals surface area contributed by atoms with Crippen molar-refractivity contribution in [1.82, 2.24) is 0 Å². The number of ketones is 1. The molecule has 0 amide bonds. The fourth-order valence-electron chi connectivity index (χ4n) is 1.16. The van der Waals surface area contributed by atoms with Crippen molar-refractivity contribution in [2.24, 2.45) is 0 Å². The molecular formula is C10H7F4IO2. The van der Waals surface area contributed by atoms with Gasteiger partial charge in [0.1, 0.15) is 5.75 Å². The van der Waals surface area contributed by atoms with E-state index < -0.39 is 30.1 Å². The Balaban J connectivity index is 3.32. The first-order valence-corrected chi connectivity index (χ1v) is 5.48. The zero-order chi connectivity index (χ0) is 13.2. The van der Waals surface area contributed by atoms with E-state index in [0.29, 0.717) is 0 Å². The summed E-state index contributed by atoms with van der Waals surface area (Å²) in [5.41, 5.74) is -0.578. The minimum Gasteiger partial charge on any atom is -0.434 e. The summed E-state index contributed by atoms with van der Waals surface area (Å²) >= 11 is 1.48. The van der Waals surface area contributed by atoms with Gasteiger partial charge in [-0.3, -0.25) is 4.79 Å². The lowest BCUT2D eigenvalue weighted by molar-refractivity contribution is -0.0507. The lowest BCUT2D eigenvalue weighted by atomic mass is 10.1. The molecule has 0 fully saturated rings. The summed E-state index contributed by atoms with van der Waals surface area (Å²) < 4.78 is 53.4. The molecule has 1 rings (SSSR count). The topological polar surface area (TPSA) is 26.3 Å². The highest BCUT2D eigenvalue weighted by Gasteiger charge is 2.20. The Morgan fingerprint density at radius 2 is 1.88 bits per heavy atom. The molecule has 0 heterocycles. The SMILES string of the molecule is CC(=O)c1cc(OC(F)F)c(I)c(C(F)F)c1. The van der Waals surface area contributed by atoms with Crippen LogP contribution >= 0.6 is 22.6 Å². The molecule has 0 unspecified atom stereocenters. The van der Waals surface area contributed by atoms with Gasteiger partial charge in [-0.05, 0) is 41.6 Å². The monoisotopic (exact) mass is 362 g/mol. The molecule has 7 heteroatoms. The fraction of sp³-hybridized carbons (Fsp3) is 0.300. The van der Waals surface area contributed by atoms with Crippen molar-refractivity contribution in [1.29, 1.82) is 0 Å². The average molecular weight is 362 g/mol. The molecule has 17 heavy (non-hydrogen) atoms. The van der Waals surface area contributed by atoms with Crippen LogP contribution in [-0.4, -0.2) is 12.4 Å². The predicted octanol–water partition coefficient (Wildman–Crippen LogP) is 4.03. The van der Waals surface area contributed by atoms with Crippen molar-refractivity contribution in [2.75, 3.05) is 0 Å². The maximum atomic E-state index is 12.6. The molecule has 0 spiro atoms. The van der Waals surface area contributed by atoms with Crippen LogP contribution in [0, 0.1) is 3.57 Å². The van der Waals surface area contributed by atoms with Gasteiger partial charge in [0, 0.05) is 11.1 Å². The predicted molar refractivity (Wildman–Crippen MR) is 60.8 cm³/mol. The number of hydrogen-bond acceptors (Lipinski definition) is 2. The largest absolute Gasteiger partial charge is 0.434 e. The zero-order valence-electron chi connectivity index (χ0n) is 8.52. The zero-order valence-corrected chi connectivity index (χ0v) is 10.7. The van der Waals surface area contributed by atoms with Crippen LogP contribution in [0.15, 0.2) is 12.1 Å². The summed E-state index contributed by atoms with van der Waals surface area (Å²) in [6, 6.07) is 2.01. The standard InChI is InChI=1S/C10H7F4IO2/c1-4(16)5-2-6(9(11)12)8(15)7(3-5)17-10(13)14/h2-3,9-10H,1H3. The third-order valence-electron chi connectivity index (χ3n) is 1.93. The summed E-state index contributed by atoms with van der Waals surface area (Å²) in [4.78, 5) is 11.1. The lowest BCUT2D eigenvalue weighted by Crippen LogP contribution is -2.07. The number of carbonyl (C=O) groups excluding carboxylic acids is 1. The Labute approximate surface area is 108 Å². The molecule has 0 aliphatic carbocycles. The van der Waals surface area contributed by atoms with Crippen LogP contribution in [0.3, 0.4) is 0 Å². The fourth-order valence-corrected chi connectivity index (χ4v) is 1.84. The molecule has 0 aromatic heterocycles. The van der Waals surface area contributed by atoms with Crippen LogP contribution in [0.1, 0.15) is 29.3 Å².